The Morgan fingerprint density at radius 2 is 1.12 bits per heavy atom. The zero-order valence-corrected chi connectivity index (χ0v) is 28.5. The van der Waals surface area contributed by atoms with E-state index < -0.39 is 0 Å². The minimum absolute atomic E-state index is 0.328. The van der Waals surface area contributed by atoms with Crippen molar-refractivity contribution >= 4 is 77.0 Å². The molecule has 1 atom stereocenters. The first-order valence-corrected chi connectivity index (χ1v) is 17.9. The Hall–Kier alpha value is -6.72. The van der Waals surface area contributed by atoms with E-state index in [4.69, 9.17) is 14.4 Å². The van der Waals surface area contributed by atoms with Gasteiger partial charge in [0.15, 0.2) is 5.58 Å². The summed E-state index contributed by atoms with van der Waals surface area (Å²) in [4.78, 5) is 9.48. The molecule has 5 nitrogen and oxygen atoms in total. The number of fused-ring (bicyclic) bond motifs is 9. The molecule has 0 bridgehead atoms. The molecule has 1 aliphatic rings. The van der Waals surface area contributed by atoms with Gasteiger partial charge in [-0.05, 0) is 78.1 Å². The number of hydrogen-bond acceptors (Lipinski definition) is 3. The van der Waals surface area contributed by atoms with Gasteiger partial charge < -0.3 is 13.6 Å². The van der Waals surface area contributed by atoms with Gasteiger partial charge in [0.05, 0.1) is 22.1 Å². The van der Waals surface area contributed by atoms with Crippen molar-refractivity contribution in [2.24, 2.45) is 5.92 Å². The first kappa shape index (κ1) is 29.1. The van der Waals surface area contributed by atoms with Crippen molar-refractivity contribution < 1.29 is 4.42 Å². The molecule has 0 saturated carbocycles. The van der Waals surface area contributed by atoms with E-state index in [1.807, 2.05) is 0 Å². The van der Waals surface area contributed by atoms with Gasteiger partial charge in [-0.2, -0.15) is 0 Å². The summed E-state index contributed by atoms with van der Waals surface area (Å²) in [6.45, 7) is 2.33. The summed E-state index contributed by atoms with van der Waals surface area (Å²) in [5, 5.41) is 6.08. The highest BCUT2D eigenvalue weighted by molar-refractivity contribution is 6.11. The molecule has 1 unspecified atom stereocenters. The molecular formula is C47H32N4O. The lowest BCUT2D eigenvalue weighted by molar-refractivity contribution is 0.667. The van der Waals surface area contributed by atoms with E-state index in [0.29, 0.717) is 11.5 Å². The van der Waals surface area contributed by atoms with Crippen molar-refractivity contribution in [2.75, 3.05) is 0 Å². The second kappa shape index (κ2) is 11.1. The Labute approximate surface area is 299 Å². The molecule has 10 aromatic rings. The number of hydrogen-bond donors (Lipinski definition) is 0. The van der Waals surface area contributed by atoms with E-state index in [1.165, 1.54) is 60.4 Å². The zero-order valence-electron chi connectivity index (χ0n) is 28.5. The maximum atomic E-state index is 6.51. The van der Waals surface area contributed by atoms with E-state index in [1.54, 1.807) is 6.33 Å². The average molecular weight is 669 g/mol. The molecule has 0 spiro atoms. The maximum Gasteiger partial charge on any atom is 0.180 e. The summed E-state index contributed by atoms with van der Waals surface area (Å²) in [5.41, 5.74) is 13.9. The van der Waals surface area contributed by atoms with Crippen molar-refractivity contribution in [3.05, 3.63) is 164 Å². The van der Waals surface area contributed by atoms with Crippen molar-refractivity contribution in [1.82, 2.24) is 19.1 Å². The number of rotatable bonds is 4. The first-order valence-electron chi connectivity index (χ1n) is 17.9. The molecule has 0 fully saturated rings. The Kier molecular flexibility index (Phi) is 6.23. The van der Waals surface area contributed by atoms with Crippen molar-refractivity contribution in [3.8, 4) is 16.9 Å². The smallest absolute Gasteiger partial charge is 0.180 e. The van der Waals surface area contributed by atoms with Crippen LogP contribution in [0.15, 0.2) is 162 Å². The Bertz CT molecular complexity index is 3010. The molecule has 0 amide bonds. The van der Waals surface area contributed by atoms with Gasteiger partial charge in [-0.1, -0.05) is 104 Å². The van der Waals surface area contributed by atoms with Crippen LogP contribution in [0.25, 0.3) is 93.9 Å². The monoisotopic (exact) mass is 668 g/mol. The van der Waals surface area contributed by atoms with Crippen LogP contribution in [0.3, 0.4) is 0 Å². The van der Waals surface area contributed by atoms with Crippen molar-refractivity contribution in [2.45, 2.75) is 13.3 Å². The topological polar surface area (TPSA) is 48.8 Å². The average Bonchev–Trinajstić information content (AvgIpc) is 3.86. The van der Waals surface area contributed by atoms with Crippen molar-refractivity contribution in [1.29, 1.82) is 0 Å². The summed E-state index contributed by atoms with van der Waals surface area (Å²) in [5.74, 6) is 0.328. The fraction of sp³-hybridized carbons (Fsp3) is 0.0638. The van der Waals surface area contributed by atoms with Crippen molar-refractivity contribution in [3.63, 3.8) is 0 Å². The van der Waals surface area contributed by atoms with E-state index in [0.717, 1.165) is 39.9 Å². The number of furan rings is 1. The molecule has 1 aliphatic carbocycles. The van der Waals surface area contributed by atoms with Crippen LogP contribution >= 0.6 is 0 Å². The molecule has 0 saturated heterocycles. The molecule has 4 heterocycles. The van der Waals surface area contributed by atoms with Gasteiger partial charge in [-0.15, -0.1) is 0 Å². The van der Waals surface area contributed by atoms with E-state index in [-0.39, 0.29) is 0 Å². The molecule has 0 aliphatic heterocycles. The lowest BCUT2D eigenvalue weighted by Crippen LogP contribution is -2.08. The van der Waals surface area contributed by atoms with Gasteiger partial charge in [0.25, 0.3) is 0 Å². The van der Waals surface area contributed by atoms with Crippen LogP contribution in [0.4, 0.5) is 0 Å². The summed E-state index contributed by atoms with van der Waals surface area (Å²) < 4.78 is 11.3. The lowest BCUT2D eigenvalue weighted by atomic mass is 9.86. The largest absolute Gasteiger partial charge is 0.452 e. The highest BCUT2D eigenvalue weighted by Crippen LogP contribution is 2.41. The van der Waals surface area contributed by atoms with Gasteiger partial charge >= 0.3 is 0 Å². The van der Waals surface area contributed by atoms with Gasteiger partial charge in [0, 0.05) is 43.9 Å². The standard InChI is InChI=1S/C47H32N4O/c1-29-26-33(51-42-16-8-4-12-37(42)38-13-5-9-17-43(38)51)23-24-34(29)31-20-25-44-39(27-31)46-47(52-44)45(48-28-49-46)30-18-21-32(22-19-30)50-40-14-6-2-10-35(40)36-11-3-7-15-41(36)50/h2-25,27-29H,26H2,1H3. The third kappa shape index (κ3) is 4.23. The van der Waals surface area contributed by atoms with Crippen LogP contribution in [-0.2, 0) is 0 Å². The third-order valence-electron chi connectivity index (χ3n) is 10.9. The number of para-hydroxylation sites is 4. The summed E-state index contributed by atoms with van der Waals surface area (Å²) in [6, 6.07) is 49.7. The Morgan fingerprint density at radius 1 is 0.558 bits per heavy atom. The quantitative estimate of drug-likeness (QED) is 0.188. The highest BCUT2D eigenvalue weighted by atomic mass is 16.3. The van der Waals surface area contributed by atoms with E-state index in [9.17, 15) is 0 Å². The molecule has 0 N–H and O–H groups in total. The second-order valence-corrected chi connectivity index (χ2v) is 13.9. The molecule has 0 radical (unpaired) electrons. The minimum atomic E-state index is 0.328. The van der Waals surface area contributed by atoms with Crippen LogP contribution in [0.1, 0.15) is 18.9 Å². The fourth-order valence-electron chi connectivity index (χ4n) is 8.55. The Balaban J connectivity index is 0.974. The van der Waals surface area contributed by atoms with Crippen LogP contribution in [0, 0.1) is 5.92 Å². The number of allylic oxidation sites excluding steroid dienone is 4. The van der Waals surface area contributed by atoms with Gasteiger partial charge in [-0.3, -0.25) is 0 Å². The van der Waals surface area contributed by atoms with Crippen LogP contribution in [0.2, 0.25) is 0 Å². The summed E-state index contributed by atoms with van der Waals surface area (Å²) >= 11 is 0. The SMILES string of the molecule is CC1CC(n2c3ccccc3c3ccccc32)=CC=C1c1ccc2oc3c(-c4ccc(-n5c6ccccc6c6ccccc65)cc4)ncnc3c2c1. The molecule has 5 heteroatoms. The number of nitrogens with zero attached hydrogens (tertiary/aromatic N) is 4. The highest BCUT2D eigenvalue weighted by Gasteiger charge is 2.23. The number of aromatic nitrogens is 4. The fourth-order valence-corrected chi connectivity index (χ4v) is 8.55. The molecule has 4 aromatic heterocycles. The van der Waals surface area contributed by atoms with Crippen LogP contribution in [0.5, 0.6) is 0 Å². The normalized spacial score (nSPS) is 15.0. The van der Waals surface area contributed by atoms with Gasteiger partial charge in [0.1, 0.15) is 23.1 Å². The summed E-state index contributed by atoms with van der Waals surface area (Å²) in [7, 11) is 0. The molecule has 6 aromatic carbocycles. The van der Waals surface area contributed by atoms with E-state index >= 15 is 0 Å². The molecule has 246 valence electrons. The summed E-state index contributed by atoms with van der Waals surface area (Å²) in [6.07, 6.45) is 7.20. The zero-order chi connectivity index (χ0) is 34.3. The molecular weight excluding hydrogens is 637 g/mol. The third-order valence-corrected chi connectivity index (χ3v) is 10.9. The van der Waals surface area contributed by atoms with Crippen LogP contribution in [-0.4, -0.2) is 19.1 Å². The van der Waals surface area contributed by atoms with Crippen LogP contribution < -0.4 is 0 Å². The van der Waals surface area contributed by atoms with E-state index in [2.05, 4.69) is 168 Å². The lowest BCUT2D eigenvalue weighted by Gasteiger charge is -2.24. The predicted molar refractivity (Wildman–Crippen MR) is 215 cm³/mol. The molecule has 11 rings (SSSR count). The predicted octanol–water partition coefficient (Wildman–Crippen LogP) is 12.2. The first-order chi connectivity index (χ1) is 25.7. The molecule has 52 heavy (non-hydrogen) atoms. The minimum Gasteiger partial charge on any atom is -0.452 e. The Morgan fingerprint density at radius 3 is 1.71 bits per heavy atom. The second-order valence-electron chi connectivity index (χ2n) is 13.9. The maximum absolute atomic E-state index is 6.51. The van der Waals surface area contributed by atoms with Gasteiger partial charge in [-0.25, -0.2) is 9.97 Å². The number of benzene rings is 6. The van der Waals surface area contributed by atoms with Gasteiger partial charge in [0.2, 0.25) is 0 Å².